The first kappa shape index (κ1) is 26.2. The number of fused-ring (bicyclic) bond motifs is 1. The topological polar surface area (TPSA) is 111 Å². The summed E-state index contributed by atoms with van der Waals surface area (Å²) in [6.07, 6.45) is 2.85. The van der Waals surface area contributed by atoms with E-state index in [1.807, 2.05) is 13.8 Å². The highest BCUT2D eigenvalue weighted by Crippen LogP contribution is 2.33. The molecule has 2 aromatic heterocycles. The Kier molecular flexibility index (Phi) is 7.42. The standard InChI is InChI=1S/C26H28ClN5O5S/c1-18(2)17-36-26(33)31-10-8-30(9-11-31)16-20-14-28-25(37-20)22-12-19(27)13-24-23(22)15-29-32(24)38(34,35)21-6-4-3-5-7-21/h3-7,12-15,18H,8-11,16-17H2,1-2H3. The van der Waals surface area contributed by atoms with Crippen LogP contribution in [0.15, 0.2) is 64.2 Å². The zero-order chi connectivity index (χ0) is 26.9. The number of ether oxygens (including phenoxy) is 1. The van der Waals surface area contributed by atoms with Gasteiger partial charge in [-0.1, -0.05) is 43.6 Å². The predicted octanol–water partition coefficient (Wildman–Crippen LogP) is 4.49. The summed E-state index contributed by atoms with van der Waals surface area (Å²) in [4.78, 5) is 20.7. The van der Waals surface area contributed by atoms with Gasteiger partial charge in [0.1, 0.15) is 5.76 Å². The van der Waals surface area contributed by atoms with Crippen LogP contribution in [0.5, 0.6) is 0 Å². The number of aromatic nitrogens is 3. The van der Waals surface area contributed by atoms with Crippen LogP contribution < -0.4 is 0 Å². The smallest absolute Gasteiger partial charge is 0.409 e. The second-order valence-corrected chi connectivity index (χ2v) is 11.8. The maximum Gasteiger partial charge on any atom is 0.409 e. The number of rotatable bonds is 7. The van der Waals surface area contributed by atoms with Gasteiger partial charge in [0.15, 0.2) is 0 Å². The Bertz CT molecular complexity index is 1540. The molecule has 1 aliphatic rings. The Hall–Kier alpha value is -3.41. The van der Waals surface area contributed by atoms with Crippen LogP contribution in [0.1, 0.15) is 19.6 Å². The summed E-state index contributed by atoms with van der Waals surface area (Å²) in [5.41, 5.74) is 0.877. The highest BCUT2D eigenvalue weighted by molar-refractivity contribution is 7.90. The molecule has 0 unspecified atom stereocenters. The largest absolute Gasteiger partial charge is 0.449 e. The third-order valence-corrected chi connectivity index (χ3v) is 8.06. The molecule has 4 aromatic rings. The van der Waals surface area contributed by atoms with Gasteiger partial charge in [0.05, 0.1) is 36.0 Å². The first-order valence-electron chi connectivity index (χ1n) is 12.3. The lowest BCUT2D eigenvalue weighted by atomic mass is 10.1. The molecule has 0 saturated carbocycles. The van der Waals surface area contributed by atoms with E-state index in [1.54, 1.807) is 41.4 Å². The van der Waals surface area contributed by atoms with Crippen molar-refractivity contribution in [3.63, 3.8) is 0 Å². The van der Waals surface area contributed by atoms with E-state index in [1.165, 1.54) is 18.3 Å². The van der Waals surface area contributed by atoms with Gasteiger partial charge in [-0.3, -0.25) is 4.90 Å². The fourth-order valence-electron chi connectivity index (χ4n) is 4.27. The van der Waals surface area contributed by atoms with Gasteiger partial charge in [-0.05, 0) is 30.2 Å². The molecule has 0 aliphatic carbocycles. The summed E-state index contributed by atoms with van der Waals surface area (Å²) in [6.45, 7) is 7.44. The van der Waals surface area contributed by atoms with Gasteiger partial charge >= 0.3 is 6.09 Å². The Balaban J connectivity index is 1.32. The lowest BCUT2D eigenvalue weighted by molar-refractivity contribution is 0.0662. The van der Waals surface area contributed by atoms with Gasteiger partial charge in [0.25, 0.3) is 10.0 Å². The third kappa shape index (κ3) is 5.40. The molecule has 12 heteroatoms. The maximum atomic E-state index is 13.2. The van der Waals surface area contributed by atoms with E-state index in [0.717, 1.165) is 4.09 Å². The van der Waals surface area contributed by atoms with Crippen LogP contribution >= 0.6 is 11.6 Å². The number of amides is 1. The van der Waals surface area contributed by atoms with Crippen LogP contribution in [0.4, 0.5) is 4.79 Å². The molecule has 5 rings (SSSR count). The maximum absolute atomic E-state index is 13.2. The van der Waals surface area contributed by atoms with E-state index >= 15 is 0 Å². The fraction of sp³-hybridized carbons (Fsp3) is 0.346. The van der Waals surface area contributed by atoms with Gasteiger partial charge in [-0.15, -0.1) is 0 Å². The molecule has 2 aromatic carbocycles. The SMILES string of the molecule is CC(C)COC(=O)N1CCN(Cc2cnc(-c3cc(Cl)cc4c3cnn4S(=O)(=O)c3ccccc3)o2)CC1. The van der Waals surface area contributed by atoms with Crippen molar-refractivity contribution in [3.05, 3.63) is 65.6 Å². The Labute approximate surface area is 225 Å². The summed E-state index contributed by atoms with van der Waals surface area (Å²) < 4.78 is 38.8. The number of piperazine rings is 1. The molecule has 3 heterocycles. The van der Waals surface area contributed by atoms with Crippen LogP contribution in [0.2, 0.25) is 5.02 Å². The highest BCUT2D eigenvalue weighted by atomic mass is 35.5. The van der Waals surface area contributed by atoms with Crippen molar-refractivity contribution in [1.82, 2.24) is 24.0 Å². The molecule has 0 spiro atoms. The summed E-state index contributed by atoms with van der Waals surface area (Å²) in [7, 11) is -3.92. The molecule has 38 heavy (non-hydrogen) atoms. The van der Waals surface area contributed by atoms with E-state index < -0.39 is 10.0 Å². The minimum atomic E-state index is -3.92. The molecular formula is C26H28ClN5O5S. The second kappa shape index (κ2) is 10.8. The van der Waals surface area contributed by atoms with Gasteiger partial charge in [0, 0.05) is 42.2 Å². The van der Waals surface area contributed by atoms with E-state index in [-0.39, 0.29) is 11.0 Å². The number of carbonyl (C=O) groups is 1. The van der Waals surface area contributed by atoms with Crippen LogP contribution in [-0.4, -0.2) is 71.3 Å². The van der Waals surface area contributed by atoms with E-state index in [2.05, 4.69) is 15.0 Å². The lowest BCUT2D eigenvalue weighted by Crippen LogP contribution is -2.48. The van der Waals surface area contributed by atoms with Gasteiger partial charge in [0.2, 0.25) is 5.89 Å². The van der Waals surface area contributed by atoms with Crippen molar-refractivity contribution in [2.75, 3.05) is 32.8 Å². The number of oxazole rings is 1. The van der Waals surface area contributed by atoms with Crippen LogP contribution in [0, 0.1) is 5.92 Å². The van der Waals surface area contributed by atoms with Crippen molar-refractivity contribution >= 4 is 38.6 Å². The Morgan fingerprint density at radius 3 is 2.55 bits per heavy atom. The number of halogens is 1. The predicted molar refractivity (Wildman–Crippen MR) is 142 cm³/mol. The average molecular weight is 558 g/mol. The zero-order valence-electron chi connectivity index (χ0n) is 21.1. The lowest BCUT2D eigenvalue weighted by Gasteiger charge is -2.33. The van der Waals surface area contributed by atoms with Gasteiger partial charge in [-0.2, -0.15) is 17.6 Å². The minimum absolute atomic E-state index is 0.123. The average Bonchev–Trinajstić information content (AvgIpc) is 3.55. The van der Waals surface area contributed by atoms with Crippen molar-refractivity contribution in [3.8, 4) is 11.5 Å². The number of benzene rings is 2. The summed E-state index contributed by atoms with van der Waals surface area (Å²) in [5.74, 6) is 1.26. The van der Waals surface area contributed by atoms with Gasteiger partial charge in [-0.25, -0.2) is 9.78 Å². The summed E-state index contributed by atoms with van der Waals surface area (Å²) >= 11 is 6.38. The van der Waals surface area contributed by atoms with Crippen molar-refractivity contribution in [2.45, 2.75) is 25.3 Å². The van der Waals surface area contributed by atoms with Gasteiger partial charge < -0.3 is 14.1 Å². The molecule has 0 radical (unpaired) electrons. The van der Waals surface area contributed by atoms with Crippen molar-refractivity contribution < 1.29 is 22.4 Å². The van der Waals surface area contributed by atoms with E-state index in [0.29, 0.717) is 78.4 Å². The molecule has 0 bridgehead atoms. The molecule has 0 N–H and O–H groups in total. The van der Waals surface area contributed by atoms with Crippen molar-refractivity contribution in [2.24, 2.45) is 5.92 Å². The second-order valence-electron chi connectivity index (χ2n) is 9.56. The molecular weight excluding hydrogens is 530 g/mol. The van der Waals surface area contributed by atoms with Crippen LogP contribution in [0.3, 0.4) is 0 Å². The van der Waals surface area contributed by atoms with Crippen LogP contribution in [0.25, 0.3) is 22.4 Å². The van der Waals surface area contributed by atoms with Crippen molar-refractivity contribution in [1.29, 1.82) is 0 Å². The first-order chi connectivity index (χ1) is 18.2. The number of nitrogens with zero attached hydrogens (tertiary/aromatic N) is 5. The minimum Gasteiger partial charge on any atom is -0.449 e. The van der Waals surface area contributed by atoms with Crippen LogP contribution in [-0.2, 0) is 21.3 Å². The third-order valence-electron chi connectivity index (χ3n) is 6.22. The molecule has 1 saturated heterocycles. The molecule has 1 fully saturated rings. The molecule has 200 valence electrons. The first-order valence-corrected chi connectivity index (χ1v) is 14.1. The van der Waals surface area contributed by atoms with E-state index in [9.17, 15) is 13.2 Å². The fourth-order valence-corrected chi connectivity index (χ4v) is 5.77. The number of hydrogen-bond acceptors (Lipinski definition) is 8. The number of carbonyl (C=O) groups excluding carboxylic acids is 1. The summed E-state index contributed by atoms with van der Waals surface area (Å²) in [6, 6.07) is 11.3. The molecule has 1 amide bonds. The Morgan fingerprint density at radius 2 is 1.84 bits per heavy atom. The monoisotopic (exact) mass is 557 g/mol. The molecule has 0 atom stereocenters. The zero-order valence-corrected chi connectivity index (χ0v) is 22.7. The normalized spacial score (nSPS) is 14.9. The summed E-state index contributed by atoms with van der Waals surface area (Å²) in [5, 5.41) is 5.05. The quantitative estimate of drug-likeness (QED) is 0.327. The molecule has 1 aliphatic heterocycles. The molecule has 10 nitrogen and oxygen atoms in total. The van der Waals surface area contributed by atoms with E-state index in [4.69, 9.17) is 20.8 Å². The number of hydrogen-bond donors (Lipinski definition) is 0. The highest BCUT2D eigenvalue weighted by Gasteiger charge is 2.25. The Morgan fingerprint density at radius 1 is 1.11 bits per heavy atom.